The lowest BCUT2D eigenvalue weighted by Crippen LogP contribution is -1.72. The van der Waals surface area contributed by atoms with Crippen LogP contribution in [0.25, 0.3) is 0 Å². The first kappa shape index (κ1) is 10.0. The molecule has 1 aliphatic rings. The maximum atomic E-state index is 3.15. The van der Waals surface area contributed by atoms with Gasteiger partial charge in [0.2, 0.25) is 0 Å². The Kier molecular flexibility index (Phi) is 5.87. The average Bonchev–Trinajstić information content (AvgIpc) is 2.18. The number of hydrogen-bond acceptors (Lipinski definition) is 0. The second-order valence-corrected chi connectivity index (χ2v) is 3.15. The molecule has 0 unspecified atom stereocenters. The SMILES string of the molecule is [C]1=C/CCCC/C=C/C/C=C/C=C/1. The van der Waals surface area contributed by atoms with Crippen LogP contribution in [0.5, 0.6) is 0 Å². The molecule has 0 atom stereocenters. The molecule has 0 saturated carbocycles. The van der Waals surface area contributed by atoms with Crippen LogP contribution in [-0.4, -0.2) is 0 Å². The second-order valence-electron chi connectivity index (χ2n) is 3.15. The summed E-state index contributed by atoms with van der Waals surface area (Å²) in [6, 6.07) is 0. The van der Waals surface area contributed by atoms with Crippen LogP contribution in [0, 0.1) is 6.08 Å². The fourth-order valence-corrected chi connectivity index (χ4v) is 1.22. The van der Waals surface area contributed by atoms with E-state index < -0.39 is 0 Å². The molecular formula is C13H17. The van der Waals surface area contributed by atoms with Crippen molar-refractivity contribution in [1.82, 2.24) is 0 Å². The van der Waals surface area contributed by atoms with E-state index in [1.165, 1.54) is 19.3 Å². The highest BCUT2D eigenvalue weighted by Gasteiger charge is 1.83. The maximum Gasteiger partial charge on any atom is -0.0166 e. The molecule has 0 saturated heterocycles. The molecule has 0 N–H and O–H groups in total. The number of hydrogen-bond donors (Lipinski definition) is 0. The van der Waals surface area contributed by atoms with Gasteiger partial charge in [0.1, 0.15) is 0 Å². The molecule has 69 valence electrons. The van der Waals surface area contributed by atoms with Crippen molar-refractivity contribution < 1.29 is 0 Å². The standard InChI is InChI=1S/C13H17/c1-2-4-6-8-10-12-13-11-9-7-5-3-1/h1-4,7-9H,5,10-13H2/b3-1+,4-2+,8-6?,9-7+. The van der Waals surface area contributed by atoms with E-state index in [4.69, 9.17) is 0 Å². The summed E-state index contributed by atoms with van der Waals surface area (Å²) in [5, 5.41) is 0. The van der Waals surface area contributed by atoms with Crippen molar-refractivity contribution in [3.05, 3.63) is 48.6 Å². The molecule has 1 rings (SSSR count). The van der Waals surface area contributed by atoms with Gasteiger partial charge in [-0.3, -0.25) is 0 Å². The van der Waals surface area contributed by atoms with Crippen LogP contribution >= 0.6 is 0 Å². The van der Waals surface area contributed by atoms with Crippen LogP contribution in [0.3, 0.4) is 0 Å². The van der Waals surface area contributed by atoms with Gasteiger partial charge in [-0.05, 0) is 38.2 Å². The summed E-state index contributed by atoms with van der Waals surface area (Å²) >= 11 is 0. The average molecular weight is 173 g/mol. The quantitative estimate of drug-likeness (QED) is 0.486. The summed E-state index contributed by atoms with van der Waals surface area (Å²) in [5.74, 6) is 0. The van der Waals surface area contributed by atoms with Crippen LogP contribution in [0.2, 0.25) is 0 Å². The Balaban J connectivity index is 2.38. The summed E-state index contributed by atoms with van der Waals surface area (Å²) in [4.78, 5) is 0. The molecule has 0 amide bonds. The third-order valence-electron chi connectivity index (χ3n) is 1.97. The van der Waals surface area contributed by atoms with E-state index in [-0.39, 0.29) is 0 Å². The fraction of sp³-hybridized carbons (Fsp3) is 0.385. The van der Waals surface area contributed by atoms with Crippen LogP contribution < -0.4 is 0 Å². The van der Waals surface area contributed by atoms with E-state index in [9.17, 15) is 0 Å². The van der Waals surface area contributed by atoms with Gasteiger partial charge in [0.15, 0.2) is 0 Å². The van der Waals surface area contributed by atoms with E-state index in [0.717, 1.165) is 12.8 Å². The molecule has 0 spiro atoms. The zero-order chi connectivity index (χ0) is 9.19. The van der Waals surface area contributed by atoms with Gasteiger partial charge in [0.05, 0.1) is 0 Å². The molecule has 0 fully saturated rings. The molecule has 0 bridgehead atoms. The third kappa shape index (κ3) is 6.15. The van der Waals surface area contributed by atoms with Gasteiger partial charge in [-0.15, -0.1) is 0 Å². The molecule has 0 heterocycles. The molecule has 0 heteroatoms. The van der Waals surface area contributed by atoms with Gasteiger partial charge in [-0.25, -0.2) is 0 Å². The highest BCUT2D eigenvalue weighted by Crippen LogP contribution is 2.02. The maximum absolute atomic E-state index is 3.15. The minimum absolute atomic E-state index is 1.05. The normalized spacial score (nSPS) is 28.9. The summed E-state index contributed by atoms with van der Waals surface area (Å²) in [7, 11) is 0. The van der Waals surface area contributed by atoms with Gasteiger partial charge in [-0.1, -0.05) is 42.5 Å². The summed E-state index contributed by atoms with van der Waals surface area (Å²) in [6.07, 6.45) is 24.0. The zero-order valence-electron chi connectivity index (χ0n) is 8.08. The summed E-state index contributed by atoms with van der Waals surface area (Å²) in [6.45, 7) is 0. The second kappa shape index (κ2) is 7.60. The first-order valence-electron chi connectivity index (χ1n) is 5.04. The van der Waals surface area contributed by atoms with Crippen molar-refractivity contribution in [2.45, 2.75) is 32.1 Å². The Hall–Kier alpha value is -1.04. The van der Waals surface area contributed by atoms with E-state index in [1.54, 1.807) is 0 Å². The predicted molar refractivity (Wildman–Crippen MR) is 58.3 cm³/mol. The third-order valence-corrected chi connectivity index (χ3v) is 1.97. The van der Waals surface area contributed by atoms with Crippen molar-refractivity contribution in [1.29, 1.82) is 0 Å². The van der Waals surface area contributed by atoms with E-state index in [1.807, 2.05) is 12.2 Å². The summed E-state index contributed by atoms with van der Waals surface area (Å²) in [5.41, 5.74) is 0. The van der Waals surface area contributed by atoms with Crippen LogP contribution in [0.1, 0.15) is 32.1 Å². The lowest BCUT2D eigenvalue weighted by Gasteiger charge is -1.91. The molecule has 0 aromatic carbocycles. The molecule has 1 aliphatic carbocycles. The Bertz CT molecular complexity index is 216. The largest absolute Gasteiger partial charge is 0.0882 e. The van der Waals surface area contributed by atoms with E-state index in [0.29, 0.717) is 0 Å². The molecule has 0 nitrogen and oxygen atoms in total. The first-order valence-corrected chi connectivity index (χ1v) is 5.04. The Labute approximate surface area is 81.4 Å². The van der Waals surface area contributed by atoms with Crippen molar-refractivity contribution in [2.75, 3.05) is 0 Å². The van der Waals surface area contributed by atoms with E-state index in [2.05, 4.69) is 36.5 Å². The Morgan fingerprint density at radius 3 is 2.77 bits per heavy atom. The Morgan fingerprint density at radius 1 is 0.846 bits per heavy atom. The topological polar surface area (TPSA) is 0 Å². The van der Waals surface area contributed by atoms with E-state index >= 15 is 0 Å². The summed E-state index contributed by atoms with van der Waals surface area (Å²) < 4.78 is 0. The minimum atomic E-state index is 1.05. The minimum Gasteiger partial charge on any atom is -0.0882 e. The lowest BCUT2D eigenvalue weighted by atomic mass is 10.2. The van der Waals surface area contributed by atoms with Crippen LogP contribution in [-0.2, 0) is 0 Å². The van der Waals surface area contributed by atoms with Gasteiger partial charge in [-0.2, -0.15) is 0 Å². The van der Waals surface area contributed by atoms with Crippen molar-refractivity contribution in [2.24, 2.45) is 0 Å². The predicted octanol–water partition coefficient (Wildman–Crippen LogP) is 3.98. The molecule has 0 aliphatic heterocycles. The monoisotopic (exact) mass is 173 g/mol. The first-order chi connectivity index (χ1) is 6.50. The molecular weight excluding hydrogens is 156 g/mol. The smallest absolute Gasteiger partial charge is 0.0166 e. The van der Waals surface area contributed by atoms with Gasteiger partial charge < -0.3 is 0 Å². The van der Waals surface area contributed by atoms with Gasteiger partial charge in [0, 0.05) is 0 Å². The molecule has 0 aromatic heterocycles. The van der Waals surface area contributed by atoms with Crippen molar-refractivity contribution in [3.8, 4) is 0 Å². The Morgan fingerprint density at radius 2 is 1.77 bits per heavy atom. The highest BCUT2D eigenvalue weighted by atomic mass is 13.9. The van der Waals surface area contributed by atoms with Crippen LogP contribution in [0.15, 0.2) is 42.5 Å². The van der Waals surface area contributed by atoms with Crippen molar-refractivity contribution >= 4 is 0 Å². The van der Waals surface area contributed by atoms with Gasteiger partial charge >= 0.3 is 0 Å². The molecule has 13 heavy (non-hydrogen) atoms. The zero-order valence-corrected chi connectivity index (χ0v) is 8.08. The highest BCUT2D eigenvalue weighted by molar-refractivity contribution is 5.08. The lowest BCUT2D eigenvalue weighted by molar-refractivity contribution is 0.760. The molecule has 0 aromatic rings. The van der Waals surface area contributed by atoms with Crippen molar-refractivity contribution in [3.63, 3.8) is 0 Å². The van der Waals surface area contributed by atoms with Crippen LogP contribution in [0.4, 0.5) is 0 Å². The number of allylic oxidation sites excluding steroid dienone is 8. The number of rotatable bonds is 0. The fourth-order valence-electron chi connectivity index (χ4n) is 1.22. The molecule has 1 radical (unpaired) electrons. The van der Waals surface area contributed by atoms with Gasteiger partial charge in [0.25, 0.3) is 0 Å².